The van der Waals surface area contributed by atoms with Gasteiger partial charge in [-0.25, -0.2) is 14.8 Å². The number of aromatic nitrogens is 4. The minimum atomic E-state index is -0.372. The van der Waals surface area contributed by atoms with Gasteiger partial charge in [0.15, 0.2) is 0 Å². The molecule has 2 amide bonds. The summed E-state index contributed by atoms with van der Waals surface area (Å²) < 4.78 is 5.35. The molecule has 2 aromatic heterocycles. The van der Waals surface area contributed by atoms with Gasteiger partial charge in [0.2, 0.25) is 5.88 Å². The maximum Gasteiger partial charge on any atom is 0.319 e. The molecule has 2 heterocycles. The first kappa shape index (κ1) is 19.4. The third-order valence-electron chi connectivity index (χ3n) is 3.54. The van der Waals surface area contributed by atoms with E-state index in [1.54, 1.807) is 42.6 Å². The number of anilines is 3. The van der Waals surface area contributed by atoms with Crippen LogP contribution < -0.4 is 26.8 Å². The molecule has 0 radical (unpaired) electrons. The van der Waals surface area contributed by atoms with Gasteiger partial charge in [-0.3, -0.25) is 0 Å². The maximum absolute atomic E-state index is 12.0. The first-order chi connectivity index (χ1) is 14.1. The molecule has 29 heavy (non-hydrogen) atoms. The summed E-state index contributed by atoms with van der Waals surface area (Å²) in [4.78, 5) is 19.7. The second-order valence-corrected chi connectivity index (χ2v) is 5.64. The number of carbonyl (C=O) groups is 1. The fraction of sp³-hybridized carbons (Fsp3) is 0.105. The summed E-state index contributed by atoms with van der Waals surface area (Å²) >= 11 is 0. The van der Waals surface area contributed by atoms with Crippen LogP contribution in [-0.2, 0) is 0 Å². The topological polar surface area (TPSA) is 154 Å². The van der Waals surface area contributed by atoms with Gasteiger partial charge in [0.05, 0.1) is 6.54 Å². The van der Waals surface area contributed by atoms with Crippen LogP contribution in [-0.4, -0.2) is 39.3 Å². The number of rotatable bonds is 5. The van der Waals surface area contributed by atoms with E-state index in [0.717, 1.165) is 0 Å². The number of hydrogen-bond acceptors (Lipinski definition) is 8. The molecular formula is C19H18N8O2. The molecule has 0 spiro atoms. The lowest BCUT2D eigenvalue weighted by molar-refractivity contribution is 0.246. The van der Waals surface area contributed by atoms with E-state index in [-0.39, 0.29) is 24.3 Å². The van der Waals surface area contributed by atoms with E-state index in [2.05, 4.69) is 42.6 Å². The number of nitrogens with zero attached hydrogens (tertiary/aromatic N) is 4. The number of nitrogens with two attached hydrogens (primary N) is 2. The Hall–Kier alpha value is -4.39. The highest BCUT2D eigenvalue weighted by atomic mass is 16.5. The summed E-state index contributed by atoms with van der Waals surface area (Å²) in [6.07, 6.45) is 2.83. The quantitative estimate of drug-likeness (QED) is 0.372. The van der Waals surface area contributed by atoms with Crippen molar-refractivity contribution in [1.29, 1.82) is 0 Å². The van der Waals surface area contributed by atoms with Gasteiger partial charge >= 0.3 is 6.03 Å². The van der Waals surface area contributed by atoms with E-state index >= 15 is 0 Å². The highest BCUT2D eigenvalue weighted by Crippen LogP contribution is 2.13. The minimum Gasteiger partial charge on any atom is -0.475 e. The summed E-state index contributed by atoms with van der Waals surface area (Å²) in [5.41, 5.74) is 13.1. The van der Waals surface area contributed by atoms with Crippen molar-refractivity contribution in [3.63, 3.8) is 0 Å². The Balaban J connectivity index is 1.53. The molecule has 0 bridgehead atoms. The molecule has 0 aliphatic rings. The smallest absolute Gasteiger partial charge is 0.319 e. The molecule has 10 heteroatoms. The summed E-state index contributed by atoms with van der Waals surface area (Å²) in [5, 5.41) is 12.9. The van der Waals surface area contributed by atoms with Crippen molar-refractivity contribution in [2.24, 2.45) is 0 Å². The Morgan fingerprint density at radius 1 is 1.10 bits per heavy atom. The lowest BCUT2D eigenvalue weighted by Gasteiger charge is -2.08. The molecule has 10 nitrogen and oxygen atoms in total. The Morgan fingerprint density at radius 3 is 2.69 bits per heavy atom. The van der Waals surface area contributed by atoms with E-state index in [1.165, 1.54) is 6.33 Å². The molecule has 3 aromatic rings. The number of hydrogen-bond donors (Lipinski definition) is 4. The molecule has 0 unspecified atom stereocenters. The zero-order chi connectivity index (χ0) is 20.5. The van der Waals surface area contributed by atoms with Gasteiger partial charge in [-0.15, -0.1) is 5.10 Å². The van der Waals surface area contributed by atoms with Crippen LogP contribution in [0.4, 0.5) is 22.1 Å². The first-order valence-corrected chi connectivity index (χ1v) is 8.55. The molecule has 0 saturated carbocycles. The van der Waals surface area contributed by atoms with Crippen LogP contribution in [0.1, 0.15) is 11.1 Å². The fourth-order valence-electron chi connectivity index (χ4n) is 2.21. The highest BCUT2D eigenvalue weighted by molar-refractivity contribution is 5.89. The number of nitrogen functional groups attached to an aromatic ring is 2. The number of benzene rings is 1. The molecule has 0 fully saturated rings. The average Bonchev–Trinajstić information content (AvgIpc) is 2.72. The van der Waals surface area contributed by atoms with E-state index in [9.17, 15) is 4.79 Å². The van der Waals surface area contributed by atoms with Gasteiger partial charge in [0.25, 0.3) is 0 Å². The lowest BCUT2D eigenvalue weighted by atomic mass is 10.2. The van der Waals surface area contributed by atoms with Crippen LogP contribution >= 0.6 is 0 Å². The van der Waals surface area contributed by atoms with Gasteiger partial charge in [0.1, 0.15) is 30.1 Å². The molecule has 0 aliphatic heterocycles. The zero-order valence-corrected chi connectivity index (χ0v) is 15.3. The SMILES string of the molecule is Nc1ncnc(N)c1C#Cc1cccc(NC(=O)NCCOc2cccnn2)c1. The van der Waals surface area contributed by atoms with Crippen molar-refractivity contribution in [3.8, 4) is 17.7 Å². The number of amides is 2. The fourth-order valence-corrected chi connectivity index (χ4v) is 2.21. The van der Waals surface area contributed by atoms with Crippen LogP contribution in [0.15, 0.2) is 48.9 Å². The predicted molar refractivity (Wildman–Crippen MR) is 108 cm³/mol. The summed E-state index contributed by atoms with van der Waals surface area (Å²) in [6, 6.07) is 10.1. The largest absolute Gasteiger partial charge is 0.475 e. The van der Waals surface area contributed by atoms with Gasteiger partial charge in [-0.05, 0) is 24.3 Å². The molecule has 1 aromatic carbocycles. The van der Waals surface area contributed by atoms with Gasteiger partial charge < -0.3 is 26.8 Å². The Kier molecular flexibility index (Phi) is 6.36. The number of carbonyl (C=O) groups excluding carboxylic acids is 1. The number of ether oxygens (including phenoxy) is 1. The Morgan fingerprint density at radius 2 is 1.93 bits per heavy atom. The van der Waals surface area contributed by atoms with Gasteiger partial charge in [0, 0.05) is 23.5 Å². The normalized spacial score (nSPS) is 9.79. The Labute approximate surface area is 166 Å². The van der Waals surface area contributed by atoms with E-state index in [4.69, 9.17) is 16.2 Å². The van der Waals surface area contributed by atoms with Crippen LogP contribution in [0.25, 0.3) is 0 Å². The first-order valence-electron chi connectivity index (χ1n) is 8.55. The molecule has 6 N–H and O–H groups in total. The second kappa shape index (κ2) is 9.52. The van der Waals surface area contributed by atoms with Crippen molar-refractivity contribution in [3.05, 3.63) is 60.0 Å². The van der Waals surface area contributed by atoms with Crippen molar-refractivity contribution in [1.82, 2.24) is 25.5 Å². The average molecular weight is 390 g/mol. The van der Waals surface area contributed by atoms with E-state index in [1.807, 2.05) is 0 Å². The van der Waals surface area contributed by atoms with E-state index in [0.29, 0.717) is 29.2 Å². The molecule has 146 valence electrons. The molecular weight excluding hydrogens is 372 g/mol. The second-order valence-electron chi connectivity index (χ2n) is 5.64. The highest BCUT2D eigenvalue weighted by Gasteiger charge is 2.04. The Bertz CT molecular complexity index is 1030. The summed E-state index contributed by atoms with van der Waals surface area (Å²) in [5.74, 6) is 6.60. The summed E-state index contributed by atoms with van der Waals surface area (Å²) in [7, 11) is 0. The number of urea groups is 1. The van der Waals surface area contributed by atoms with Crippen molar-refractivity contribution >= 4 is 23.4 Å². The monoisotopic (exact) mass is 390 g/mol. The lowest BCUT2D eigenvalue weighted by Crippen LogP contribution is -2.32. The zero-order valence-electron chi connectivity index (χ0n) is 15.3. The minimum absolute atomic E-state index is 0.211. The van der Waals surface area contributed by atoms with Crippen LogP contribution in [0.3, 0.4) is 0 Å². The molecule has 0 atom stereocenters. The summed E-state index contributed by atoms with van der Waals surface area (Å²) in [6.45, 7) is 0.564. The van der Waals surface area contributed by atoms with Crippen molar-refractivity contribution in [2.45, 2.75) is 0 Å². The van der Waals surface area contributed by atoms with Gasteiger partial charge in [-0.1, -0.05) is 17.9 Å². The van der Waals surface area contributed by atoms with Gasteiger partial charge in [-0.2, -0.15) is 5.10 Å². The van der Waals surface area contributed by atoms with Crippen molar-refractivity contribution in [2.75, 3.05) is 29.9 Å². The van der Waals surface area contributed by atoms with Crippen LogP contribution in [0, 0.1) is 11.8 Å². The maximum atomic E-state index is 12.0. The third-order valence-corrected chi connectivity index (χ3v) is 3.54. The van der Waals surface area contributed by atoms with Crippen LogP contribution in [0.5, 0.6) is 5.88 Å². The van der Waals surface area contributed by atoms with E-state index < -0.39 is 0 Å². The third kappa shape index (κ3) is 5.80. The molecule has 0 saturated heterocycles. The molecule has 3 rings (SSSR count). The standard InChI is InChI=1S/C19H18N8O2/c20-17-15(18(21)24-12-23-17)7-6-13-3-1-4-14(11-13)26-19(28)22-9-10-29-16-5-2-8-25-27-16/h1-5,8,11-12H,9-10H2,(H2,22,26,28)(H4,20,21,23,24). The molecule has 0 aliphatic carbocycles. The van der Waals surface area contributed by atoms with Crippen LogP contribution in [0.2, 0.25) is 0 Å². The van der Waals surface area contributed by atoms with Crippen molar-refractivity contribution < 1.29 is 9.53 Å². The number of nitrogens with one attached hydrogen (secondary N) is 2. The predicted octanol–water partition coefficient (Wildman–Crippen LogP) is 1.03.